The number of ether oxygens (including phenoxy) is 1. The molecule has 0 bridgehead atoms. The van der Waals surface area contributed by atoms with Crippen LogP contribution in [0.5, 0.6) is 5.75 Å². The fourth-order valence-electron chi connectivity index (χ4n) is 2.43. The van der Waals surface area contributed by atoms with Crippen LogP contribution in [0.1, 0.15) is 29.4 Å². The summed E-state index contributed by atoms with van der Waals surface area (Å²) < 4.78 is 84.0. The Morgan fingerprint density at radius 2 is 1.57 bits per heavy atom. The number of anilines is 1. The van der Waals surface area contributed by atoms with Crippen LogP contribution in [-0.4, -0.2) is 21.8 Å². The summed E-state index contributed by atoms with van der Waals surface area (Å²) >= 11 is 0. The Hall–Kier alpha value is -2.72. The third-order valence-electron chi connectivity index (χ3n) is 4.00. The number of aromatic nitrogens is 2. The van der Waals surface area contributed by atoms with Crippen molar-refractivity contribution in [2.45, 2.75) is 39.2 Å². The Morgan fingerprint density at radius 3 is 1.96 bits per heavy atom. The van der Waals surface area contributed by atoms with E-state index in [4.69, 9.17) is 4.74 Å². The van der Waals surface area contributed by atoms with Gasteiger partial charge in [0.05, 0.1) is 28.2 Å². The molecule has 0 aliphatic carbocycles. The average Bonchev–Trinajstić information content (AvgIpc) is 2.79. The zero-order chi connectivity index (χ0) is 21.4. The molecule has 0 spiro atoms. The van der Waals surface area contributed by atoms with Gasteiger partial charge in [-0.3, -0.25) is 9.48 Å². The number of carbonyl (C=O) groups excluding carboxylic acids is 1. The highest BCUT2D eigenvalue weighted by Gasteiger charge is 2.37. The summed E-state index contributed by atoms with van der Waals surface area (Å²) in [5.41, 5.74) is -1.54. The molecule has 0 aliphatic heterocycles. The van der Waals surface area contributed by atoms with Crippen LogP contribution in [0.2, 0.25) is 0 Å². The van der Waals surface area contributed by atoms with E-state index in [9.17, 15) is 31.1 Å². The van der Waals surface area contributed by atoms with Crippen LogP contribution < -0.4 is 10.1 Å². The first kappa shape index (κ1) is 21.6. The fraction of sp³-hybridized carbons (Fsp3) is 0.412. The highest BCUT2D eigenvalue weighted by molar-refractivity contribution is 5.95. The second kappa shape index (κ2) is 7.36. The molecule has 0 saturated heterocycles. The predicted molar refractivity (Wildman–Crippen MR) is 87.8 cm³/mol. The van der Waals surface area contributed by atoms with Crippen molar-refractivity contribution in [2.24, 2.45) is 7.05 Å². The molecule has 0 aliphatic rings. The van der Waals surface area contributed by atoms with Gasteiger partial charge in [0.1, 0.15) is 5.75 Å². The van der Waals surface area contributed by atoms with Gasteiger partial charge in [0.25, 0.3) is 5.91 Å². The van der Waals surface area contributed by atoms with E-state index in [-0.39, 0.29) is 6.07 Å². The molecular weight excluding hydrogens is 392 g/mol. The van der Waals surface area contributed by atoms with Crippen LogP contribution in [0.3, 0.4) is 0 Å². The minimum absolute atomic E-state index is 0.0139. The number of hydrogen-bond donors (Lipinski definition) is 1. The molecule has 1 atom stereocenters. The first-order valence-corrected chi connectivity index (χ1v) is 7.97. The summed E-state index contributed by atoms with van der Waals surface area (Å²) in [6.07, 6.45) is -11.4. The molecule has 0 saturated carbocycles. The van der Waals surface area contributed by atoms with Gasteiger partial charge in [-0.1, -0.05) is 0 Å². The van der Waals surface area contributed by atoms with Crippen LogP contribution in [0.4, 0.5) is 32.0 Å². The Bertz CT molecular complexity index is 854. The molecule has 5 nitrogen and oxygen atoms in total. The fourth-order valence-corrected chi connectivity index (χ4v) is 2.43. The number of aryl methyl sites for hydroxylation is 2. The Kier molecular flexibility index (Phi) is 5.67. The van der Waals surface area contributed by atoms with E-state index < -0.39 is 41.2 Å². The summed E-state index contributed by atoms with van der Waals surface area (Å²) in [4.78, 5) is 12.3. The molecule has 0 radical (unpaired) electrons. The number of alkyl halides is 6. The zero-order valence-electron chi connectivity index (χ0n) is 15.3. The average molecular weight is 409 g/mol. The van der Waals surface area contributed by atoms with Gasteiger partial charge < -0.3 is 10.1 Å². The number of nitrogens with one attached hydrogen (secondary N) is 1. The Balaban J connectivity index is 2.27. The van der Waals surface area contributed by atoms with Crippen LogP contribution in [0.15, 0.2) is 18.2 Å². The number of benzene rings is 1. The molecule has 28 heavy (non-hydrogen) atoms. The van der Waals surface area contributed by atoms with E-state index in [2.05, 4.69) is 10.4 Å². The number of carbonyl (C=O) groups is 1. The van der Waals surface area contributed by atoms with Gasteiger partial charge in [0.2, 0.25) is 0 Å². The van der Waals surface area contributed by atoms with E-state index >= 15 is 0 Å². The third-order valence-corrected chi connectivity index (χ3v) is 4.00. The lowest BCUT2D eigenvalue weighted by Crippen LogP contribution is -2.30. The van der Waals surface area contributed by atoms with E-state index in [0.29, 0.717) is 29.2 Å². The van der Waals surface area contributed by atoms with Gasteiger partial charge in [-0.05, 0) is 39.0 Å². The number of amides is 1. The van der Waals surface area contributed by atoms with E-state index in [0.717, 1.165) is 0 Å². The first-order chi connectivity index (χ1) is 12.7. The maximum atomic E-state index is 12.9. The SMILES string of the molecule is Cc1nn(C)c(C)c1NC(=O)C(C)Oc1cc(C(F)(F)F)cc(C(F)(F)F)c1. The molecule has 1 amide bonds. The number of halogens is 6. The number of nitrogens with zero attached hydrogens (tertiary/aromatic N) is 2. The van der Waals surface area contributed by atoms with Crippen molar-refractivity contribution in [1.29, 1.82) is 0 Å². The molecule has 11 heteroatoms. The van der Waals surface area contributed by atoms with Crippen LogP contribution >= 0.6 is 0 Å². The van der Waals surface area contributed by atoms with Crippen molar-refractivity contribution in [3.63, 3.8) is 0 Å². The molecule has 2 aromatic rings. The summed E-state index contributed by atoms with van der Waals surface area (Å²) in [6.45, 7) is 4.53. The minimum Gasteiger partial charge on any atom is -0.481 e. The summed E-state index contributed by atoms with van der Waals surface area (Å²) in [5.74, 6) is -1.46. The largest absolute Gasteiger partial charge is 0.481 e. The van der Waals surface area contributed by atoms with E-state index in [1.54, 1.807) is 20.9 Å². The van der Waals surface area contributed by atoms with Crippen LogP contribution in [0, 0.1) is 13.8 Å². The quantitative estimate of drug-likeness (QED) is 0.758. The highest BCUT2D eigenvalue weighted by Crippen LogP contribution is 2.38. The Morgan fingerprint density at radius 1 is 1.07 bits per heavy atom. The standard InChI is InChI=1S/C17H17F6N3O2/c1-8-14(9(2)26(4)25-8)24-15(27)10(3)28-13-6-11(16(18,19)20)5-12(7-13)17(21,22)23/h5-7,10H,1-4H3,(H,24,27). The first-order valence-electron chi connectivity index (χ1n) is 7.97. The summed E-state index contributed by atoms with van der Waals surface area (Å²) in [7, 11) is 1.65. The minimum atomic E-state index is -5.01. The molecular formula is C17H17F6N3O2. The Labute approximate surface area is 156 Å². The van der Waals surface area contributed by atoms with Crippen molar-refractivity contribution < 1.29 is 35.9 Å². The maximum Gasteiger partial charge on any atom is 0.416 e. The van der Waals surface area contributed by atoms with E-state index in [1.807, 2.05) is 0 Å². The van der Waals surface area contributed by atoms with Crippen molar-refractivity contribution in [2.75, 3.05) is 5.32 Å². The van der Waals surface area contributed by atoms with Gasteiger partial charge in [-0.2, -0.15) is 31.4 Å². The predicted octanol–water partition coefficient (Wildman–Crippen LogP) is 4.48. The van der Waals surface area contributed by atoms with Gasteiger partial charge in [0.15, 0.2) is 6.10 Å². The molecule has 1 N–H and O–H groups in total. The monoisotopic (exact) mass is 409 g/mol. The zero-order valence-corrected chi connectivity index (χ0v) is 15.3. The summed E-state index contributed by atoms with van der Waals surface area (Å²) in [6, 6.07) is 0.819. The number of rotatable bonds is 4. The number of hydrogen-bond acceptors (Lipinski definition) is 3. The van der Waals surface area contributed by atoms with Crippen molar-refractivity contribution in [3.8, 4) is 5.75 Å². The molecule has 1 aromatic heterocycles. The second-order valence-corrected chi connectivity index (χ2v) is 6.16. The molecule has 1 unspecified atom stereocenters. The second-order valence-electron chi connectivity index (χ2n) is 6.16. The molecule has 1 aromatic carbocycles. The maximum absolute atomic E-state index is 12.9. The highest BCUT2D eigenvalue weighted by atomic mass is 19.4. The van der Waals surface area contributed by atoms with E-state index in [1.165, 1.54) is 11.6 Å². The smallest absolute Gasteiger partial charge is 0.416 e. The van der Waals surface area contributed by atoms with Gasteiger partial charge >= 0.3 is 12.4 Å². The van der Waals surface area contributed by atoms with Gasteiger partial charge in [-0.25, -0.2) is 0 Å². The van der Waals surface area contributed by atoms with Crippen LogP contribution in [-0.2, 0) is 24.2 Å². The molecule has 2 rings (SSSR count). The topological polar surface area (TPSA) is 56.2 Å². The molecule has 0 fully saturated rings. The van der Waals surface area contributed by atoms with Crippen molar-refractivity contribution >= 4 is 11.6 Å². The lowest BCUT2D eigenvalue weighted by molar-refractivity contribution is -0.143. The molecule has 1 heterocycles. The van der Waals surface area contributed by atoms with Gasteiger partial charge in [-0.15, -0.1) is 0 Å². The molecule has 154 valence electrons. The normalized spacial score (nSPS) is 13.4. The van der Waals surface area contributed by atoms with Crippen LogP contribution in [0.25, 0.3) is 0 Å². The third kappa shape index (κ3) is 4.76. The summed E-state index contributed by atoms with van der Waals surface area (Å²) in [5, 5.41) is 6.61. The lowest BCUT2D eigenvalue weighted by atomic mass is 10.1. The lowest BCUT2D eigenvalue weighted by Gasteiger charge is -2.18. The van der Waals surface area contributed by atoms with Crippen molar-refractivity contribution in [1.82, 2.24) is 9.78 Å². The van der Waals surface area contributed by atoms with Crippen molar-refractivity contribution in [3.05, 3.63) is 40.7 Å². The van der Waals surface area contributed by atoms with Gasteiger partial charge in [0, 0.05) is 7.05 Å².